The molecule has 0 aromatic rings. The van der Waals surface area contributed by atoms with Gasteiger partial charge in [-0.1, -0.05) is 12.7 Å². The Hall–Kier alpha value is -2.11. The van der Waals surface area contributed by atoms with Gasteiger partial charge in [0.1, 0.15) is 6.61 Å². The molecule has 0 bridgehead atoms. The summed E-state index contributed by atoms with van der Waals surface area (Å²) in [5.74, 6) is -2.69. The summed E-state index contributed by atoms with van der Waals surface area (Å²) < 4.78 is 13.9. The van der Waals surface area contributed by atoms with Gasteiger partial charge < -0.3 is 14.2 Å². The summed E-state index contributed by atoms with van der Waals surface area (Å²) >= 11 is 0. The molecule has 0 rings (SSSR count). The number of carbonyl (C=O) groups excluding carboxylic acids is 3. The molecular weight excluding hydrogens is 240 g/mol. The fourth-order valence-electron chi connectivity index (χ4n) is 0.919. The van der Waals surface area contributed by atoms with E-state index >= 15 is 0 Å². The average molecular weight is 256 g/mol. The number of hydrogen-bond acceptors (Lipinski definition) is 6. The summed E-state index contributed by atoms with van der Waals surface area (Å²) in [6.45, 7) is 6.66. The van der Waals surface area contributed by atoms with E-state index in [1.54, 1.807) is 13.8 Å². The molecule has 0 radical (unpaired) electrons. The molecule has 0 N–H and O–H groups in total. The standard InChI is InChI=1S/C12H16O6/c1-4-7-18-10(13)8-9(11(14)16-5-2)12(15)17-6-3/h4,8H,1,5-7H2,2-3H3. The van der Waals surface area contributed by atoms with E-state index in [-0.39, 0.29) is 19.8 Å². The van der Waals surface area contributed by atoms with Crippen molar-refractivity contribution in [3.05, 3.63) is 24.3 Å². The van der Waals surface area contributed by atoms with Crippen LogP contribution in [-0.2, 0) is 28.6 Å². The summed E-state index contributed by atoms with van der Waals surface area (Å²) in [6, 6.07) is 0. The predicted octanol–water partition coefficient (Wildman–Crippen LogP) is 0.768. The number of ether oxygens (including phenoxy) is 3. The summed E-state index contributed by atoms with van der Waals surface area (Å²) in [5, 5.41) is 0. The van der Waals surface area contributed by atoms with Crippen molar-refractivity contribution >= 4 is 17.9 Å². The topological polar surface area (TPSA) is 78.9 Å². The lowest BCUT2D eigenvalue weighted by Crippen LogP contribution is -2.20. The molecule has 0 amide bonds. The molecule has 6 heteroatoms. The maximum atomic E-state index is 11.4. The molecule has 0 aromatic carbocycles. The van der Waals surface area contributed by atoms with Gasteiger partial charge in [-0.2, -0.15) is 0 Å². The van der Waals surface area contributed by atoms with E-state index in [1.165, 1.54) is 6.08 Å². The number of rotatable bonds is 7. The number of hydrogen-bond donors (Lipinski definition) is 0. The molecule has 18 heavy (non-hydrogen) atoms. The van der Waals surface area contributed by atoms with Gasteiger partial charge >= 0.3 is 17.9 Å². The van der Waals surface area contributed by atoms with Gasteiger partial charge in [-0.15, -0.1) is 0 Å². The second-order valence-electron chi connectivity index (χ2n) is 2.92. The highest BCUT2D eigenvalue weighted by molar-refractivity contribution is 6.17. The fourth-order valence-corrected chi connectivity index (χ4v) is 0.919. The molecule has 0 spiro atoms. The van der Waals surface area contributed by atoms with Gasteiger partial charge in [-0.05, 0) is 13.8 Å². The van der Waals surface area contributed by atoms with E-state index in [1.807, 2.05) is 0 Å². The van der Waals surface area contributed by atoms with E-state index < -0.39 is 23.5 Å². The first kappa shape index (κ1) is 15.9. The molecule has 0 fully saturated rings. The molecule has 0 aliphatic rings. The van der Waals surface area contributed by atoms with Crippen molar-refractivity contribution in [3.63, 3.8) is 0 Å². The van der Waals surface area contributed by atoms with Crippen LogP contribution in [0.4, 0.5) is 0 Å². The highest BCUT2D eigenvalue weighted by atomic mass is 16.6. The SMILES string of the molecule is C=CCOC(=O)C=C(C(=O)OCC)C(=O)OCC. The summed E-state index contributed by atoms with van der Waals surface area (Å²) in [5.41, 5.74) is -0.493. The van der Waals surface area contributed by atoms with Crippen molar-refractivity contribution < 1.29 is 28.6 Å². The zero-order valence-electron chi connectivity index (χ0n) is 10.4. The third-order valence-electron chi connectivity index (χ3n) is 1.60. The van der Waals surface area contributed by atoms with Crippen LogP contribution < -0.4 is 0 Å². The van der Waals surface area contributed by atoms with Gasteiger partial charge in [0.25, 0.3) is 0 Å². The number of esters is 3. The Kier molecular flexibility index (Phi) is 7.92. The summed E-state index contributed by atoms with van der Waals surface area (Å²) in [4.78, 5) is 34.2. The minimum atomic E-state index is -0.925. The van der Waals surface area contributed by atoms with Crippen molar-refractivity contribution in [3.8, 4) is 0 Å². The normalized spacial score (nSPS) is 9.00. The van der Waals surface area contributed by atoms with Crippen LogP contribution in [0.25, 0.3) is 0 Å². The minimum Gasteiger partial charge on any atom is -0.462 e. The first-order chi connectivity index (χ1) is 8.56. The van der Waals surface area contributed by atoms with Crippen LogP contribution in [0, 0.1) is 0 Å². The Morgan fingerprint density at radius 1 is 1.00 bits per heavy atom. The summed E-state index contributed by atoms with van der Waals surface area (Å²) in [7, 11) is 0. The van der Waals surface area contributed by atoms with E-state index in [9.17, 15) is 14.4 Å². The van der Waals surface area contributed by atoms with E-state index in [2.05, 4.69) is 20.8 Å². The van der Waals surface area contributed by atoms with Gasteiger partial charge in [-0.3, -0.25) is 0 Å². The second kappa shape index (κ2) is 8.98. The highest BCUT2D eigenvalue weighted by Crippen LogP contribution is 2.03. The fraction of sp³-hybridized carbons (Fsp3) is 0.417. The molecular formula is C12H16O6. The van der Waals surface area contributed by atoms with Crippen molar-refractivity contribution in [2.75, 3.05) is 19.8 Å². The zero-order chi connectivity index (χ0) is 14.0. The lowest BCUT2D eigenvalue weighted by Gasteiger charge is -2.06. The van der Waals surface area contributed by atoms with Crippen molar-refractivity contribution in [1.82, 2.24) is 0 Å². The third kappa shape index (κ3) is 5.83. The quantitative estimate of drug-likeness (QED) is 0.167. The van der Waals surface area contributed by atoms with Crippen molar-refractivity contribution in [2.45, 2.75) is 13.8 Å². The van der Waals surface area contributed by atoms with Crippen LogP contribution >= 0.6 is 0 Å². The Morgan fingerprint density at radius 3 is 1.89 bits per heavy atom. The molecule has 0 aliphatic carbocycles. The average Bonchev–Trinajstić information content (AvgIpc) is 2.33. The molecule has 0 saturated carbocycles. The van der Waals surface area contributed by atoms with Gasteiger partial charge in [0.05, 0.1) is 13.2 Å². The molecule has 0 saturated heterocycles. The van der Waals surface area contributed by atoms with Gasteiger partial charge in [0.15, 0.2) is 5.57 Å². The van der Waals surface area contributed by atoms with Crippen LogP contribution in [-0.4, -0.2) is 37.7 Å². The lowest BCUT2D eigenvalue weighted by molar-refractivity contribution is -0.148. The monoisotopic (exact) mass is 256 g/mol. The molecule has 6 nitrogen and oxygen atoms in total. The van der Waals surface area contributed by atoms with Crippen LogP contribution in [0.3, 0.4) is 0 Å². The Bertz CT molecular complexity index is 336. The molecule has 0 unspecified atom stereocenters. The van der Waals surface area contributed by atoms with E-state index in [4.69, 9.17) is 0 Å². The Labute approximate surface area is 105 Å². The maximum Gasteiger partial charge on any atom is 0.345 e. The van der Waals surface area contributed by atoms with Gasteiger partial charge in [0.2, 0.25) is 0 Å². The van der Waals surface area contributed by atoms with Crippen LogP contribution in [0.2, 0.25) is 0 Å². The highest BCUT2D eigenvalue weighted by Gasteiger charge is 2.22. The van der Waals surface area contributed by atoms with Gasteiger partial charge in [0, 0.05) is 6.08 Å². The smallest absolute Gasteiger partial charge is 0.345 e. The lowest BCUT2D eigenvalue weighted by atomic mass is 10.2. The first-order valence-corrected chi connectivity index (χ1v) is 5.40. The maximum absolute atomic E-state index is 11.4. The van der Waals surface area contributed by atoms with Crippen LogP contribution in [0.5, 0.6) is 0 Å². The third-order valence-corrected chi connectivity index (χ3v) is 1.60. The molecule has 0 atom stereocenters. The Morgan fingerprint density at radius 2 is 1.50 bits per heavy atom. The zero-order valence-corrected chi connectivity index (χ0v) is 10.4. The number of carbonyl (C=O) groups is 3. The second-order valence-corrected chi connectivity index (χ2v) is 2.92. The Balaban J connectivity index is 4.89. The van der Waals surface area contributed by atoms with Crippen LogP contribution in [0.15, 0.2) is 24.3 Å². The molecule has 0 aromatic heterocycles. The van der Waals surface area contributed by atoms with Crippen molar-refractivity contribution in [1.29, 1.82) is 0 Å². The predicted molar refractivity (Wildman–Crippen MR) is 62.5 cm³/mol. The van der Waals surface area contributed by atoms with Crippen molar-refractivity contribution in [2.24, 2.45) is 0 Å². The van der Waals surface area contributed by atoms with Gasteiger partial charge in [-0.25, -0.2) is 14.4 Å². The van der Waals surface area contributed by atoms with E-state index in [0.717, 1.165) is 6.08 Å². The molecule has 0 aliphatic heterocycles. The molecule has 100 valence electrons. The summed E-state index contributed by atoms with van der Waals surface area (Å²) in [6.07, 6.45) is 2.11. The van der Waals surface area contributed by atoms with Crippen LogP contribution in [0.1, 0.15) is 13.8 Å². The minimum absolute atomic E-state index is 0.0196. The van der Waals surface area contributed by atoms with E-state index in [0.29, 0.717) is 0 Å². The largest absolute Gasteiger partial charge is 0.462 e. The first-order valence-electron chi connectivity index (χ1n) is 5.40. The molecule has 0 heterocycles.